The summed E-state index contributed by atoms with van der Waals surface area (Å²) >= 11 is 0. The number of nitrogens with one attached hydrogen (secondary N) is 1. The summed E-state index contributed by atoms with van der Waals surface area (Å²) in [6.07, 6.45) is 0. The zero-order valence-electron chi connectivity index (χ0n) is 10.1. The van der Waals surface area contributed by atoms with E-state index in [1.54, 1.807) is 0 Å². The molecule has 0 amide bonds. The molecule has 3 heteroatoms. The zero-order valence-corrected chi connectivity index (χ0v) is 10.1. The predicted octanol–water partition coefficient (Wildman–Crippen LogP) is 2.28. The lowest BCUT2D eigenvalue weighted by molar-refractivity contribution is 0.143. The van der Waals surface area contributed by atoms with Crippen LogP contribution in [0.2, 0.25) is 0 Å². The van der Waals surface area contributed by atoms with Crippen LogP contribution in [0.15, 0.2) is 5.16 Å². The molecule has 0 aromatic carbocycles. The normalized spacial score (nSPS) is 10.8. The highest BCUT2D eigenvalue weighted by atomic mass is 16.6. The molecule has 0 aliphatic carbocycles. The molecule has 0 heterocycles. The maximum atomic E-state index is 5.25. The van der Waals surface area contributed by atoms with Crippen LogP contribution in [0.4, 0.5) is 0 Å². The summed E-state index contributed by atoms with van der Waals surface area (Å²) in [5.41, 5.74) is 1.14. The van der Waals surface area contributed by atoms with Crippen molar-refractivity contribution in [1.29, 1.82) is 0 Å². The first-order valence-corrected chi connectivity index (χ1v) is 5.50. The van der Waals surface area contributed by atoms with E-state index in [0.717, 1.165) is 18.8 Å². The van der Waals surface area contributed by atoms with E-state index in [2.05, 4.69) is 45.1 Å². The van der Waals surface area contributed by atoms with Crippen molar-refractivity contribution in [3.05, 3.63) is 0 Å². The number of hydrogen-bond acceptors (Lipinski definition) is 3. The molecule has 0 aliphatic heterocycles. The van der Waals surface area contributed by atoms with Gasteiger partial charge in [-0.15, -0.1) is 0 Å². The SMILES string of the molecule is CCNCCON=C(C(C)C)C(C)C. The third kappa shape index (κ3) is 5.97. The minimum absolute atomic E-state index is 0.467. The fourth-order valence-corrected chi connectivity index (χ4v) is 1.29. The second kappa shape index (κ2) is 7.80. The molecule has 14 heavy (non-hydrogen) atoms. The average Bonchev–Trinajstić information content (AvgIpc) is 2.09. The van der Waals surface area contributed by atoms with Crippen molar-refractivity contribution >= 4 is 5.71 Å². The van der Waals surface area contributed by atoms with Crippen molar-refractivity contribution in [2.24, 2.45) is 17.0 Å². The molecule has 0 atom stereocenters. The lowest BCUT2D eigenvalue weighted by Crippen LogP contribution is -2.20. The molecule has 0 radical (unpaired) electrons. The first kappa shape index (κ1) is 13.4. The van der Waals surface area contributed by atoms with Crippen molar-refractivity contribution in [3.63, 3.8) is 0 Å². The van der Waals surface area contributed by atoms with Gasteiger partial charge in [0.05, 0.1) is 5.71 Å². The number of likely N-dealkylation sites (N-methyl/N-ethyl adjacent to an activating group) is 1. The van der Waals surface area contributed by atoms with E-state index in [0.29, 0.717) is 18.4 Å². The molecule has 1 N–H and O–H groups in total. The lowest BCUT2D eigenvalue weighted by atomic mass is 9.98. The molecular formula is C11H24N2O. The smallest absolute Gasteiger partial charge is 0.129 e. The van der Waals surface area contributed by atoms with Gasteiger partial charge in [0.1, 0.15) is 6.61 Å². The highest BCUT2D eigenvalue weighted by molar-refractivity contribution is 5.87. The summed E-state index contributed by atoms with van der Waals surface area (Å²) in [4.78, 5) is 5.25. The number of hydrogen-bond donors (Lipinski definition) is 1. The van der Waals surface area contributed by atoms with E-state index in [4.69, 9.17) is 4.84 Å². The Morgan fingerprint density at radius 3 is 2.21 bits per heavy atom. The van der Waals surface area contributed by atoms with Crippen molar-refractivity contribution < 1.29 is 4.84 Å². The van der Waals surface area contributed by atoms with Gasteiger partial charge in [0.15, 0.2) is 0 Å². The molecule has 0 bridgehead atoms. The maximum absolute atomic E-state index is 5.25. The van der Waals surface area contributed by atoms with Gasteiger partial charge in [0, 0.05) is 6.54 Å². The molecule has 0 aromatic heterocycles. The molecule has 0 saturated carbocycles. The molecule has 0 rings (SSSR count). The topological polar surface area (TPSA) is 33.6 Å². The second-order valence-electron chi connectivity index (χ2n) is 4.01. The van der Waals surface area contributed by atoms with Gasteiger partial charge in [0.25, 0.3) is 0 Å². The van der Waals surface area contributed by atoms with Crippen molar-refractivity contribution in [2.45, 2.75) is 34.6 Å². The minimum atomic E-state index is 0.467. The third-order valence-electron chi connectivity index (χ3n) is 1.97. The fourth-order valence-electron chi connectivity index (χ4n) is 1.29. The number of oxime groups is 1. The summed E-state index contributed by atoms with van der Waals surface area (Å²) in [7, 11) is 0. The Morgan fingerprint density at radius 2 is 1.79 bits per heavy atom. The predicted molar refractivity (Wildman–Crippen MR) is 61.6 cm³/mol. The summed E-state index contributed by atoms with van der Waals surface area (Å²) in [5.74, 6) is 0.934. The largest absolute Gasteiger partial charge is 0.394 e. The van der Waals surface area contributed by atoms with Crippen LogP contribution in [-0.2, 0) is 4.84 Å². The summed E-state index contributed by atoms with van der Waals surface area (Å²) in [5, 5.41) is 7.36. The van der Waals surface area contributed by atoms with Gasteiger partial charge in [-0.05, 0) is 18.4 Å². The summed E-state index contributed by atoms with van der Waals surface area (Å²) in [6.45, 7) is 13.2. The molecule has 3 nitrogen and oxygen atoms in total. The monoisotopic (exact) mass is 200 g/mol. The van der Waals surface area contributed by atoms with Crippen LogP contribution in [-0.4, -0.2) is 25.4 Å². The Bertz CT molecular complexity index is 155. The highest BCUT2D eigenvalue weighted by Gasteiger charge is 2.10. The van der Waals surface area contributed by atoms with E-state index in [1.165, 1.54) is 0 Å². The first-order valence-electron chi connectivity index (χ1n) is 5.50. The average molecular weight is 200 g/mol. The Hall–Kier alpha value is -0.570. The molecule has 0 spiro atoms. The van der Waals surface area contributed by atoms with Crippen LogP contribution >= 0.6 is 0 Å². The standard InChI is InChI=1S/C11H24N2O/c1-6-12-7-8-14-13-11(9(2)3)10(4)5/h9-10,12H,6-8H2,1-5H3. The van der Waals surface area contributed by atoms with Crippen molar-refractivity contribution in [3.8, 4) is 0 Å². The van der Waals surface area contributed by atoms with Gasteiger partial charge in [-0.25, -0.2) is 0 Å². The van der Waals surface area contributed by atoms with E-state index in [-0.39, 0.29) is 0 Å². The van der Waals surface area contributed by atoms with E-state index < -0.39 is 0 Å². The maximum Gasteiger partial charge on any atom is 0.129 e. The van der Waals surface area contributed by atoms with Crippen LogP contribution in [0, 0.1) is 11.8 Å². The van der Waals surface area contributed by atoms with Crippen LogP contribution in [0.1, 0.15) is 34.6 Å². The Morgan fingerprint density at radius 1 is 1.21 bits per heavy atom. The summed E-state index contributed by atoms with van der Waals surface area (Å²) < 4.78 is 0. The van der Waals surface area contributed by atoms with Crippen molar-refractivity contribution in [1.82, 2.24) is 5.32 Å². The molecule has 0 fully saturated rings. The highest BCUT2D eigenvalue weighted by Crippen LogP contribution is 2.07. The van der Waals surface area contributed by atoms with Crippen molar-refractivity contribution in [2.75, 3.05) is 19.7 Å². The Labute approximate surface area is 87.9 Å². The lowest BCUT2D eigenvalue weighted by Gasteiger charge is -2.13. The Balaban J connectivity index is 3.80. The van der Waals surface area contributed by atoms with Gasteiger partial charge in [-0.3, -0.25) is 0 Å². The van der Waals surface area contributed by atoms with E-state index >= 15 is 0 Å². The van der Waals surface area contributed by atoms with Gasteiger partial charge in [0.2, 0.25) is 0 Å². The number of nitrogens with zero attached hydrogens (tertiary/aromatic N) is 1. The molecule has 0 aromatic rings. The van der Waals surface area contributed by atoms with Crippen LogP contribution in [0.5, 0.6) is 0 Å². The van der Waals surface area contributed by atoms with Crippen LogP contribution < -0.4 is 5.32 Å². The number of rotatable bonds is 7. The van der Waals surface area contributed by atoms with E-state index in [1.807, 2.05) is 0 Å². The molecule has 0 aliphatic rings. The van der Waals surface area contributed by atoms with Gasteiger partial charge >= 0.3 is 0 Å². The molecule has 0 saturated heterocycles. The quantitative estimate of drug-likeness (QED) is 0.388. The van der Waals surface area contributed by atoms with E-state index in [9.17, 15) is 0 Å². The molecule has 0 unspecified atom stereocenters. The second-order valence-corrected chi connectivity index (χ2v) is 4.01. The van der Waals surface area contributed by atoms with Gasteiger partial charge < -0.3 is 10.2 Å². The molecular weight excluding hydrogens is 176 g/mol. The zero-order chi connectivity index (χ0) is 11.0. The fraction of sp³-hybridized carbons (Fsp3) is 0.909. The molecule has 84 valence electrons. The Kier molecular flexibility index (Phi) is 7.48. The first-order chi connectivity index (χ1) is 6.59. The third-order valence-corrected chi connectivity index (χ3v) is 1.97. The van der Waals surface area contributed by atoms with Crippen LogP contribution in [0.3, 0.4) is 0 Å². The summed E-state index contributed by atoms with van der Waals surface area (Å²) in [6, 6.07) is 0. The van der Waals surface area contributed by atoms with Crippen LogP contribution in [0.25, 0.3) is 0 Å². The van der Waals surface area contributed by atoms with Gasteiger partial charge in [-0.1, -0.05) is 39.8 Å². The van der Waals surface area contributed by atoms with Gasteiger partial charge in [-0.2, -0.15) is 0 Å². The minimum Gasteiger partial charge on any atom is -0.394 e.